The lowest BCUT2D eigenvalue weighted by atomic mass is 10.1. The Balaban J connectivity index is 1.66. The molecule has 3 rings (SSSR count). The molecular weight excluding hydrogens is 368 g/mol. The van der Waals surface area contributed by atoms with E-state index in [4.69, 9.17) is 4.42 Å². The number of carbonyl (C=O) groups is 1. The summed E-state index contributed by atoms with van der Waals surface area (Å²) in [5.41, 5.74) is 0. The van der Waals surface area contributed by atoms with Crippen LogP contribution >= 0.6 is 0 Å². The topological polar surface area (TPSA) is 114 Å². The van der Waals surface area contributed by atoms with Gasteiger partial charge in [0.1, 0.15) is 5.76 Å². The summed E-state index contributed by atoms with van der Waals surface area (Å²) in [6, 6.07) is 2.85. The fraction of sp³-hybridized carbons (Fsp3) is 0.667. The van der Waals surface area contributed by atoms with Crippen LogP contribution in [0.3, 0.4) is 0 Å². The molecule has 140 valence electrons. The Hall–Kier alpha value is -1.39. The third-order valence-electron chi connectivity index (χ3n) is 4.72. The molecule has 1 aromatic heterocycles. The fourth-order valence-electron chi connectivity index (χ4n) is 3.45. The first kappa shape index (κ1) is 18.4. The van der Waals surface area contributed by atoms with Gasteiger partial charge in [0, 0.05) is 12.1 Å². The zero-order chi connectivity index (χ0) is 18.1. The molecule has 0 radical (unpaired) electrons. The number of hydrogen-bond donors (Lipinski definition) is 1. The molecule has 1 N–H and O–H groups in total. The van der Waals surface area contributed by atoms with Gasteiger partial charge in [0.25, 0.3) is 0 Å². The molecule has 1 aromatic rings. The predicted molar refractivity (Wildman–Crippen MR) is 91.4 cm³/mol. The molecule has 2 saturated heterocycles. The summed E-state index contributed by atoms with van der Waals surface area (Å²) in [5, 5.41) is 2.73. The number of nitrogens with zero attached hydrogens (tertiary/aromatic N) is 1. The molecule has 3 heterocycles. The first-order valence-electron chi connectivity index (χ1n) is 8.20. The summed E-state index contributed by atoms with van der Waals surface area (Å²) >= 11 is 0. The quantitative estimate of drug-likeness (QED) is 0.701. The number of carbonyl (C=O) groups excluding carboxylic acids is 1. The number of furan rings is 1. The Bertz CT molecular complexity index is 772. The Morgan fingerprint density at radius 1 is 1.12 bits per heavy atom. The number of rotatable bonds is 6. The van der Waals surface area contributed by atoms with Crippen LogP contribution in [0.4, 0.5) is 0 Å². The van der Waals surface area contributed by atoms with Gasteiger partial charge in [-0.15, -0.1) is 0 Å². The molecule has 0 bridgehead atoms. The predicted octanol–water partition coefficient (Wildman–Crippen LogP) is -0.428. The van der Waals surface area contributed by atoms with Crippen molar-refractivity contribution in [3.63, 3.8) is 0 Å². The van der Waals surface area contributed by atoms with Gasteiger partial charge >= 0.3 is 0 Å². The molecule has 8 nitrogen and oxygen atoms in total. The largest absolute Gasteiger partial charge is 0.467 e. The van der Waals surface area contributed by atoms with Crippen LogP contribution in [0.5, 0.6) is 0 Å². The maximum atomic E-state index is 12.3. The average Bonchev–Trinajstić information content (AvgIpc) is 3.23. The summed E-state index contributed by atoms with van der Waals surface area (Å²) in [7, 11) is -6.24. The molecule has 2 aliphatic rings. The molecule has 0 saturated carbocycles. The van der Waals surface area contributed by atoms with E-state index in [1.165, 1.54) is 6.26 Å². The van der Waals surface area contributed by atoms with Gasteiger partial charge in [0.2, 0.25) is 5.91 Å². The average molecular weight is 390 g/mol. The highest BCUT2D eigenvalue weighted by Crippen LogP contribution is 2.25. The van der Waals surface area contributed by atoms with E-state index in [9.17, 15) is 21.6 Å². The zero-order valence-corrected chi connectivity index (χ0v) is 15.4. The Morgan fingerprint density at radius 2 is 1.72 bits per heavy atom. The third-order valence-corrected chi connectivity index (χ3v) is 8.22. The van der Waals surface area contributed by atoms with Crippen molar-refractivity contribution in [3.8, 4) is 0 Å². The van der Waals surface area contributed by atoms with E-state index in [-0.39, 0.29) is 54.1 Å². The van der Waals surface area contributed by atoms with E-state index in [0.29, 0.717) is 18.6 Å². The zero-order valence-electron chi connectivity index (χ0n) is 13.8. The van der Waals surface area contributed by atoms with Crippen LogP contribution in [0.15, 0.2) is 22.8 Å². The van der Waals surface area contributed by atoms with Crippen LogP contribution < -0.4 is 5.32 Å². The Labute approximate surface area is 147 Å². The van der Waals surface area contributed by atoms with Crippen molar-refractivity contribution in [3.05, 3.63) is 24.2 Å². The van der Waals surface area contributed by atoms with Crippen molar-refractivity contribution < 1.29 is 26.0 Å². The molecule has 25 heavy (non-hydrogen) atoms. The molecule has 0 aliphatic carbocycles. The van der Waals surface area contributed by atoms with Gasteiger partial charge in [-0.3, -0.25) is 9.69 Å². The van der Waals surface area contributed by atoms with Crippen molar-refractivity contribution >= 4 is 25.6 Å². The van der Waals surface area contributed by atoms with Crippen molar-refractivity contribution in [2.45, 2.75) is 31.5 Å². The first-order chi connectivity index (χ1) is 11.7. The monoisotopic (exact) mass is 390 g/mol. The standard InChI is InChI=1S/C15H22N2O6S2/c18-15(16-8-14-2-1-5-23-14)9-17(12-3-6-24(19,20)10-12)13-4-7-25(21,22)11-13/h1-2,5,12-13H,3-4,6-11H2,(H,16,18). The summed E-state index contributed by atoms with van der Waals surface area (Å²) in [6.45, 7) is 0.229. The van der Waals surface area contributed by atoms with Crippen molar-refractivity contribution in [2.24, 2.45) is 0 Å². The molecule has 2 unspecified atom stereocenters. The summed E-state index contributed by atoms with van der Waals surface area (Å²) < 4.78 is 52.3. The van der Waals surface area contributed by atoms with Gasteiger partial charge in [-0.1, -0.05) is 0 Å². The smallest absolute Gasteiger partial charge is 0.234 e. The minimum Gasteiger partial charge on any atom is -0.467 e. The molecule has 2 atom stereocenters. The second-order valence-corrected chi connectivity index (χ2v) is 11.1. The lowest BCUT2D eigenvalue weighted by molar-refractivity contribution is -0.123. The van der Waals surface area contributed by atoms with E-state index in [1.54, 1.807) is 17.0 Å². The van der Waals surface area contributed by atoms with Crippen molar-refractivity contribution in [1.82, 2.24) is 10.2 Å². The Morgan fingerprint density at radius 3 is 2.16 bits per heavy atom. The summed E-state index contributed by atoms with van der Waals surface area (Å²) in [4.78, 5) is 14.1. The lowest BCUT2D eigenvalue weighted by Crippen LogP contribution is -2.49. The molecule has 1 amide bonds. The molecule has 2 aliphatic heterocycles. The van der Waals surface area contributed by atoms with Crippen LogP contribution in [-0.2, 0) is 31.0 Å². The molecular formula is C15H22N2O6S2. The first-order valence-corrected chi connectivity index (χ1v) is 11.8. The number of hydrogen-bond acceptors (Lipinski definition) is 7. The van der Waals surface area contributed by atoms with E-state index in [1.807, 2.05) is 0 Å². The number of sulfone groups is 2. The van der Waals surface area contributed by atoms with Crippen LogP contribution in [0.25, 0.3) is 0 Å². The normalized spacial score (nSPS) is 27.6. The maximum Gasteiger partial charge on any atom is 0.234 e. The van der Waals surface area contributed by atoms with Crippen LogP contribution in [0.1, 0.15) is 18.6 Å². The summed E-state index contributed by atoms with van der Waals surface area (Å²) in [5.74, 6) is 0.477. The fourth-order valence-corrected chi connectivity index (χ4v) is 6.94. The lowest BCUT2D eigenvalue weighted by Gasteiger charge is -2.32. The minimum absolute atomic E-state index is 0.0128. The minimum atomic E-state index is -3.12. The van der Waals surface area contributed by atoms with Gasteiger partial charge < -0.3 is 9.73 Å². The van der Waals surface area contributed by atoms with E-state index in [0.717, 1.165) is 0 Å². The van der Waals surface area contributed by atoms with Gasteiger partial charge in [0.05, 0.1) is 42.4 Å². The number of nitrogens with one attached hydrogen (secondary N) is 1. The third kappa shape index (κ3) is 4.83. The van der Waals surface area contributed by atoms with Gasteiger partial charge in [0.15, 0.2) is 19.7 Å². The molecule has 0 spiro atoms. The molecule has 0 aromatic carbocycles. The van der Waals surface area contributed by atoms with E-state index < -0.39 is 19.7 Å². The second-order valence-electron chi connectivity index (χ2n) is 6.64. The van der Waals surface area contributed by atoms with Gasteiger partial charge in [-0.25, -0.2) is 16.8 Å². The van der Waals surface area contributed by atoms with Crippen LogP contribution in [0, 0.1) is 0 Å². The Kier molecular flexibility index (Phi) is 5.21. The SMILES string of the molecule is O=C(CN(C1CCS(=O)(=O)C1)C1CCS(=O)(=O)C1)NCc1ccco1. The van der Waals surface area contributed by atoms with Crippen LogP contribution in [0.2, 0.25) is 0 Å². The highest BCUT2D eigenvalue weighted by Gasteiger charge is 2.40. The second kappa shape index (κ2) is 7.08. The highest BCUT2D eigenvalue weighted by molar-refractivity contribution is 7.92. The highest BCUT2D eigenvalue weighted by atomic mass is 32.2. The van der Waals surface area contributed by atoms with Crippen molar-refractivity contribution in [1.29, 1.82) is 0 Å². The van der Waals surface area contributed by atoms with E-state index in [2.05, 4.69) is 5.32 Å². The van der Waals surface area contributed by atoms with Crippen molar-refractivity contribution in [2.75, 3.05) is 29.6 Å². The van der Waals surface area contributed by atoms with E-state index >= 15 is 0 Å². The van der Waals surface area contributed by atoms with Gasteiger partial charge in [-0.2, -0.15) is 0 Å². The van der Waals surface area contributed by atoms with Gasteiger partial charge in [-0.05, 0) is 25.0 Å². The maximum absolute atomic E-state index is 12.3. The number of amides is 1. The van der Waals surface area contributed by atoms with Crippen LogP contribution in [-0.4, -0.2) is 69.3 Å². The molecule has 10 heteroatoms. The molecule has 2 fully saturated rings. The summed E-state index contributed by atoms with van der Waals surface area (Å²) in [6.07, 6.45) is 2.38.